The molecule has 1 atom stereocenters. The second-order valence-electron chi connectivity index (χ2n) is 5.30. The number of aryl methyl sites for hydroxylation is 1. The number of aliphatic hydroxyl groups is 1. The van der Waals surface area contributed by atoms with Gasteiger partial charge in [0.2, 0.25) is 0 Å². The highest BCUT2D eigenvalue weighted by molar-refractivity contribution is 6.39. The molecule has 10 heteroatoms. The molecule has 0 saturated carbocycles. The second kappa shape index (κ2) is 7.55. The Kier molecular flexibility index (Phi) is 5.87. The van der Waals surface area contributed by atoms with Gasteiger partial charge in [-0.2, -0.15) is 13.2 Å². The molecule has 0 aliphatic carbocycles. The highest BCUT2D eigenvalue weighted by Gasteiger charge is 2.39. The first-order valence-corrected chi connectivity index (χ1v) is 7.76. The number of amides is 2. The van der Waals surface area contributed by atoms with Crippen molar-refractivity contribution >= 4 is 34.9 Å². The first kappa shape index (κ1) is 19.4. The van der Waals surface area contributed by atoms with Gasteiger partial charge in [-0.1, -0.05) is 23.2 Å². The molecule has 1 aromatic heterocycles. The van der Waals surface area contributed by atoms with E-state index in [1.54, 1.807) is 6.20 Å². The molecule has 2 rings (SSSR count). The topological polar surface area (TPSA) is 77.2 Å². The molecular weight excluding hydrogens is 382 g/mol. The van der Waals surface area contributed by atoms with E-state index in [0.717, 1.165) is 23.4 Å². The van der Waals surface area contributed by atoms with E-state index < -0.39 is 23.9 Å². The Hall–Kier alpha value is -1.90. The van der Waals surface area contributed by atoms with Crippen molar-refractivity contribution in [3.8, 4) is 0 Å². The van der Waals surface area contributed by atoms with Crippen molar-refractivity contribution in [2.45, 2.75) is 25.7 Å². The maximum Gasteiger partial charge on any atom is 0.418 e. The zero-order valence-electron chi connectivity index (χ0n) is 12.8. The van der Waals surface area contributed by atoms with Crippen LogP contribution >= 0.6 is 23.2 Å². The van der Waals surface area contributed by atoms with Gasteiger partial charge in [0.1, 0.15) is 0 Å². The van der Waals surface area contributed by atoms with Crippen molar-refractivity contribution in [3.63, 3.8) is 0 Å². The summed E-state index contributed by atoms with van der Waals surface area (Å²) in [5, 5.41) is 13.7. The third-order valence-corrected chi connectivity index (χ3v) is 3.87. The lowest BCUT2D eigenvalue weighted by molar-refractivity contribution is -0.206. The van der Waals surface area contributed by atoms with Gasteiger partial charge in [-0.05, 0) is 36.2 Å². The van der Waals surface area contributed by atoms with E-state index in [-0.39, 0.29) is 22.3 Å². The molecule has 0 bridgehead atoms. The summed E-state index contributed by atoms with van der Waals surface area (Å²) in [7, 11) is 0. The highest BCUT2D eigenvalue weighted by atomic mass is 35.5. The van der Waals surface area contributed by atoms with Crippen LogP contribution in [0.3, 0.4) is 0 Å². The Morgan fingerprint density at radius 2 is 1.88 bits per heavy atom. The number of rotatable bonds is 4. The van der Waals surface area contributed by atoms with E-state index in [1.807, 2.05) is 13.0 Å². The largest absolute Gasteiger partial charge is 0.418 e. The molecule has 1 aromatic carbocycles. The lowest BCUT2D eigenvalue weighted by atomic mass is 10.1. The summed E-state index contributed by atoms with van der Waals surface area (Å²) < 4.78 is 37.7. The molecule has 2 amide bonds. The number of benzene rings is 1. The first-order valence-electron chi connectivity index (χ1n) is 7.00. The molecule has 0 fully saturated rings. The Morgan fingerprint density at radius 1 is 1.28 bits per heavy atom. The van der Waals surface area contributed by atoms with Crippen LogP contribution < -0.4 is 10.6 Å². The van der Waals surface area contributed by atoms with Crippen LogP contribution in [0.5, 0.6) is 0 Å². The van der Waals surface area contributed by atoms with E-state index in [4.69, 9.17) is 23.2 Å². The van der Waals surface area contributed by atoms with Crippen molar-refractivity contribution in [1.82, 2.24) is 10.3 Å². The van der Waals surface area contributed by atoms with Gasteiger partial charge >= 0.3 is 12.2 Å². The number of nitrogens with one attached hydrogen (secondary N) is 3. The fourth-order valence-electron chi connectivity index (χ4n) is 2.07. The van der Waals surface area contributed by atoms with Crippen molar-refractivity contribution in [1.29, 1.82) is 0 Å². The Labute approximate surface area is 151 Å². The summed E-state index contributed by atoms with van der Waals surface area (Å²) in [4.78, 5) is 14.9. The molecule has 5 nitrogen and oxygen atoms in total. The smallest absolute Gasteiger partial charge is 0.379 e. The predicted molar refractivity (Wildman–Crippen MR) is 88.9 cm³/mol. The van der Waals surface area contributed by atoms with Crippen molar-refractivity contribution in [3.05, 3.63) is 51.3 Å². The minimum Gasteiger partial charge on any atom is -0.379 e. The van der Waals surface area contributed by atoms with Crippen LogP contribution in [0.25, 0.3) is 0 Å². The number of aromatic amines is 1. The van der Waals surface area contributed by atoms with Crippen LogP contribution in [0.4, 0.5) is 23.7 Å². The summed E-state index contributed by atoms with van der Waals surface area (Å²) in [5.74, 6) is 0. The molecule has 0 spiro atoms. The Morgan fingerprint density at radius 3 is 2.36 bits per heavy atom. The lowest BCUT2D eigenvalue weighted by Crippen LogP contribution is -2.28. The van der Waals surface area contributed by atoms with Gasteiger partial charge in [0.15, 0.2) is 6.10 Å². The van der Waals surface area contributed by atoms with Gasteiger partial charge in [0.25, 0.3) is 0 Å². The quantitative estimate of drug-likeness (QED) is 0.612. The summed E-state index contributed by atoms with van der Waals surface area (Å²) in [6.07, 6.45) is -5.85. The van der Waals surface area contributed by atoms with Crippen LogP contribution in [0, 0.1) is 6.92 Å². The second-order valence-corrected chi connectivity index (χ2v) is 6.12. The molecular formula is C15H14Cl2F3N3O2. The number of halogens is 5. The number of aliphatic hydroxyl groups excluding tert-OH is 1. The molecule has 0 aliphatic rings. The minimum absolute atomic E-state index is 0.0517. The van der Waals surface area contributed by atoms with Gasteiger partial charge in [-0.3, -0.25) is 0 Å². The zero-order valence-corrected chi connectivity index (χ0v) is 14.4. The number of hydrogen-bond acceptors (Lipinski definition) is 2. The van der Waals surface area contributed by atoms with Crippen LogP contribution in [0.15, 0.2) is 24.4 Å². The van der Waals surface area contributed by atoms with E-state index >= 15 is 0 Å². The Balaban J connectivity index is 2.07. The number of H-pyrrole nitrogens is 1. The molecule has 0 unspecified atom stereocenters. The summed E-state index contributed by atoms with van der Waals surface area (Å²) in [5.41, 5.74) is 1.20. The molecule has 25 heavy (non-hydrogen) atoms. The number of carbonyl (C=O) groups is 1. The normalized spacial score (nSPS) is 12.8. The van der Waals surface area contributed by atoms with E-state index in [9.17, 15) is 23.1 Å². The maximum atomic E-state index is 12.6. The number of alkyl halides is 3. The third-order valence-electron chi connectivity index (χ3n) is 3.27. The van der Waals surface area contributed by atoms with Crippen molar-refractivity contribution < 1.29 is 23.1 Å². The van der Waals surface area contributed by atoms with E-state index in [0.29, 0.717) is 0 Å². The van der Waals surface area contributed by atoms with Crippen LogP contribution in [0.1, 0.15) is 22.9 Å². The summed E-state index contributed by atoms with van der Waals surface area (Å²) in [6.45, 7) is 2.09. The number of anilines is 1. The van der Waals surface area contributed by atoms with Crippen LogP contribution in [-0.4, -0.2) is 22.3 Å². The van der Waals surface area contributed by atoms with E-state index in [2.05, 4.69) is 15.6 Å². The zero-order chi connectivity index (χ0) is 18.8. The molecule has 0 radical (unpaired) electrons. The molecule has 1 heterocycles. The summed E-state index contributed by atoms with van der Waals surface area (Å²) in [6, 6.07) is 3.01. The molecule has 0 aliphatic heterocycles. The van der Waals surface area contributed by atoms with E-state index in [1.165, 1.54) is 0 Å². The van der Waals surface area contributed by atoms with Gasteiger partial charge in [0.05, 0.1) is 15.7 Å². The van der Waals surface area contributed by atoms with Gasteiger partial charge in [0, 0.05) is 18.4 Å². The van der Waals surface area contributed by atoms with Crippen LogP contribution in [0.2, 0.25) is 10.0 Å². The summed E-state index contributed by atoms with van der Waals surface area (Å²) >= 11 is 11.8. The molecule has 2 aromatic rings. The SMILES string of the molecule is Cc1cc(CNC(=O)Nc2c(Cl)cc([C@H](O)C(F)(F)F)cc2Cl)c[nH]1. The lowest BCUT2D eigenvalue weighted by Gasteiger charge is -2.17. The molecule has 4 N–H and O–H groups in total. The average Bonchev–Trinajstić information content (AvgIpc) is 2.92. The van der Waals surface area contributed by atoms with Crippen LogP contribution in [-0.2, 0) is 6.54 Å². The monoisotopic (exact) mass is 395 g/mol. The first-order chi connectivity index (χ1) is 11.6. The fourth-order valence-corrected chi connectivity index (χ4v) is 2.67. The third kappa shape index (κ3) is 5.04. The maximum absolute atomic E-state index is 12.6. The number of carbonyl (C=O) groups excluding carboxylic acids is 1. The fraction of sp³-hybridized carbons (Fsp3) is 0.267. The van der Waals surface area contributed by atoms with Gasteiger partial charge < -0.3 is 20.7 Å². The number of hydrogen-bond donors (Lipinski definition) is 4. The molecule has 0 saturated heterocycles. The average molecular weight is 396 g/mol. The number of aromatic nitrogens is 1. The van der Waals surface area contributed by atoms with Crippen molar-refractivity contribution in [2.75, 3.05) is 5.32 Å². The molecule has 136 valence electrons. The Bertz CT molecular complexity index is 755. The highest BCUT2D eigenvalue weighted by Crippen LogP contribution is 2.38. The van der Waals surface area contributed by atoms with Crippen molar-refractivity contribution in [2.24, 2.45) is 0 Å². The van der Waals surface area contributed by atoms with Gasteiger partial charge in [-0.25, -0.2) is 4.79 Å². The predicted octanol–water partition coefficient (Wildman–Crippen LogP) is 4.55. The van der Waals surface area contributed by atoms with Gasteiger partial charge in [-0.15, -0.1) is 0 Å². The number of urea groups is 1. The standard InChI is InChI=1S/C15H14Cl2F3N3O2/c1-7-2-8(5-21-7)6-22-14(25)23-12-10(16)3-9(4-11(12)17)13(24)15(18,19)20/h2-5,13,21,24H,6H2,1H3,(H2,22,23,25)/t13-/m0/s1. The minimum atomic E-state index is -4.85.